The SMILES string of the molecule is O=C1c2ccccc2C(=O)N1C1CCCCCCCCCCC1. The van der Waals surface area contributed by atoms with E-state index in [1.54, 1.807) is 17.0 Å². The van der Waals surface area contributed by atoms with Crippen molar-refractivity contribution in [1.29, 1.82) is 0 Å². The highest BCUT2D eigenvalue weighted by Gasteiger charge is 2.39. The molecule has 3 nitrogen and oxygen atoms in total. The maximum absolute atomic E-state index is 12.7. The highest BCUT2D eigenvalue weighted by atomic mass is 16.2. The zero-order valence-corrected chi connectivity index (χ0v) is 13.9. The molecule has 3 rings (SSSR count). The summed E-state index contributed by atoms with van der Waals surface area (Å²) in [7, 11) is 0. The fraction of sp³-hybridized carbons (Fsp3) is 0.600. The van der Waals surface area contributed by atoms with Gasteiger partial charge in [-0.25, -0.2) is 0 Å². The molecule has 1 aromatic carbocycles. The molecule has 2 aliphatic rings. The second kappa shape index (κ2) is 7.76. The molecule has 0 radical (unpaired) electrons. The molecule has 23 heavy (non-hydrogen) atoms. The van der Waals surface area contributed by atoms with Crippen molar-refractivity contribution in [2.75, 3.05) is 0 Å². The van der Waals surface area contributed by atoms with Crippen molar-refractivity contribution in [3.05, 3.63) is 35.4 Å². The second-order valence-corrected chi connectivity index (χ2v) is 6.94. The molecule has 1 aliphatic carbocycles. The van der Waals surface area contributed by atoms with E-state index in [1.807, 2.05) is 12.1 Å². The largest absolute Gasteiger partial charge is 0.271 e. The lowest BCUT2D eigenvalue weighted by Crippen LogP contribution is -2.40. The summed E-state index contributed by atoms with van der Waals surface area (Å²) in [6, 6.07) is 7.33. The van der Waals surface area contributed by atoms with Crippen LogP contribution in [0.3, 0.4) is 0 Å². The first-order valence-electron chi connectivity index (χ1n) is 9.26. The van der Waals surface area contributed by atoms with Crippen molar-refractivity contribution < 1.29 is 9.59 Å². The number of amides is 2. The average Bonchev–Trinajstić information content (AvgIpc) is 2.81. The molecule has 0 spiro atoms. The van der Waals surface area contributed by atoms with Gasteiger partial charge < -0.3 is 0 Å². The van der Waals surface area contributed by atoms with E-state index in [-0.39, 0.29) is 17.9 Å². The lowest BCUT2D eigenvalue weighted by atomic mass is 9.97. The predicted octanol–water partition coefficient (Wildman–Crippen LogP) is 4.96. The van der Waals surface area contributed by atoms with Crippen molar-refractivity contribution in [2.45, 2.75) is 76.7 Å². The Balaban J connectivity index is 1.72. The summed E-state index contributed by atoms with van der Waals surface area (Å²) in [4.78, 5) is 26.9. The topological polar surface area (TPSA) is 37.4 Å². The Kier molecular flexibility index (Phi) is 5.47. The van der Waals surface area contributed by atoms with Gasteiger partial charge in [0.05, 0.1) is 11.1 Å². The Morgan fingerprint density at radius 1 is 0.652 bits per heavy atom. The zero-order chi connectivity index (χ0) is 16.1. The summed E-state index contributed by atoms with van der Waals surface area (Å²) in [5, 5.41) is 0. The van der Waals surface area contributed by atoms with Crippen LogP contribution in [-0.4, -0.2) is 22.8 Å². The Morgan fingerprint density at radius 3 is 1.48 bits per heavy atom. The van der Waals surface area contributed by atoms with Gasteiger partial charge in [0.15, 0.2) is 0 Å². The molecule has 0 saturated heterocycles. The summed E-state index contributed by atoms with van der Waals surface area (Å²) in [6.45, 7) is 0. The third-order valence-electron chi connectivity index (χ3n) is 5.27. The molecular weight excluding hydrogens is 286 g/mol. The minimum Gasteiger partial charge on any atom is -0.271 e. The lowest BCUT2D eigenvalue weighted by molar-refractivity contribution is 0.0562. The maximum atomic E-state index is 12.7. The number of hydrogen-bond donors (Lipinski definition) is 0. The fourth-order valence-corrected chi connectivity index (χ4v) is 3.94. The molecule has 2 amide bonds. The van der Waals surface area contributed by atoms with Crippen LogP contribution in [0.15, 0.2) is 24.3 Å². The van der Waals surface area contributed by atoms with Gasteiger partial charge >= 0.3 is 0 Å². The first-order chi connectivity index (χ1) is 11.3. The highest BCUT2D eigenvalue weighted by molar-refractivity contribution is 6.21. The van der Waals surface area contributed by atoms with Gasteiger partial charge in [0.25, 0.3) is 11.8 Å². The predicted molar refractivity (Wildman–Crippen MR) is 91.5 cm³/mol. The van der Waals surface area contributed by atoms with Gasteiger partial charge in [-0.1, -0.05) is 69.9 Å². The maximum Gasteiger partial charge on any atom is 0.261 e. The van der Waals surface area contributed by atoms with Crippen LogP contribution in [0.4, 0.5) is 0 Å². The van der Waals surface area contributed by atoms with Gasteiger partial charge in [0.1, 0.15) is 0 Å². The Hall–Kier alpha value is -1.64. The van der Waals surface area contributed by atoms with Crippen molar-refractivity contribution in [1.82, 2.24) is 4.90 Å². The van der Waals surface area contributed by atoms with Crippen LogP contribution >= 0.6 is 0 Å². The number of hydrogen-bond acceptors (Lipinski definition) is 2. The third kappa shape index (κ3) is 3.65. The minimum atomic E-state index is -0.0808. The summed E-state index contributed by atoms with van der Waals surface area (Å²) in [5.41, 5.74) is 1.17. The van der Waals surface area contributed by atoms with Crippen LogP contribution in [0.25, 0.3) is 0 Å². The second-order valence-electron chi connectivity index (χ2n) is 6.94. The van der Waals surface area contributed by atoms with Gasteiger partial charge in [-0.2, -0.15) is 0 Å². The van der Waals surface area contributed by atoms with Crippen LogP contribution in [0, 0.1) is 0 Å². The highest BCUT2D eigenvalue weighted by Crippen LogP contribution is 2.29. The van der Waals surface area contributed by atoms with Crippen LogP contribution in [0.2, 0.25) is 0 Å². The fourth-order valence-electron chi connectivity index (χ4n) is 3.94. The van der Waals surface area contributed by atoms with Crippen molar-refractivity contribution in [2.24, 2.45) is 0 Å². The van der Waals surface area contributed by atoms with Crippen molar-refractivity contribution in [3.8, 4) is 0 Å². The lowest BCUT2D eigenvalue weighted by Gasteiger charge is -2.26. The smallest absolute Gasteiger partial charge is 0.261 e. The summed E-state index contributed by atoms with van der Waals surface area (Å²) >= 11 is 0. The summed E-state index contributed by atoms with van der Waals surface area (Å²) < 4.78 is 0. The number of carbonyl (C=O) groups excluding carboxylic acids is 2. The van der Waals surface area contributed by atoms with Gasteiger partial charge in [-0.05, 0) is 25.0 Å². The van der Waals surface area contributed by atoms with E-state index >= 15 is 0 Å². The first-order valence-corrected chi connectivity index (χ1v) is 9.26. The van der Waals surface area contributed by atoms with E-state index in [1.165, 1.54) is 44.9 Å². The summed E-state index contributed by atoms with van der Waals surface area (Å²) in [6.07, 6.45) is 13.2. The van der Waals surface area contributed by atoms with E-state index in [0.717, 1.165) is 25.7 Å². The zero-order valence-electron chi connectivity index (χ0n) is 13.9. The van der Waals surface area contributed by atoms with Crippen molar-refractivity contribution >= 4 is 11.8 Å². The molecule has 0 N–H and O–H groups in total. The third-order valence-corrected chi connectivity index (χ3v) is 5.27. The van der Waals surface area contributed by atoms with Gasteiger partial charge in [0, 0.05) is 6.04 Å². The molecule has 0 aromatic heterocycles. The van der Waals surface area contributed by atoms with Crippen LogP contribution < -0.4 is 0 Å². The molecule has 1 saturated carbocycles. The summed E-state index contributed by atoms with van der Waals surface area (Å²) in [5.74, 6) is -0.162. The molecule has 1 aromatic rings. The molecule has 124 valence electrons. The van der Waals surface area contributed by atoms with E-state index in [0.29, 0.717) is 11.1 Å². The first kappa shape index (κ1) is 16.2. The van der Waals surface area contributed by atoms with Crippen LogP contribution in [-0.2, 0) is 0 Å². The number of fused-ring (bicyclic) bond motifs is 1. The number of carbonyl (C=O) groups is 2. The van der Waals surface area contributed by atoms with E-state index in [9.17, 15) is 9.59 Å². The Bertz CT molecular complexity index is 520. The minimum absolute atomic E-state index is 0.0808. The molecule has 1 aliphatic heterocycles. The van der Waals surface area contributed by atoms with Crippen LogP contribution in [0.1, 0.15) is 91.3 Å². The van der Waals surface area contributed by atoms with Gasteiger partial charge in [0.2, 0.25) is 0 Å². The quantitative estimate of drug-likeness (QED) is 0.687. The molecule has 0 bridgehead atoms. The van der Waals surface area contributed by atoms with E-state index in [2.05, 4.69) is 0 Å². The number of nitrogens with zero attached hydrogens (tertiary/aromatic N) is 1. The molecule has 3 heteroatoms. The van der Waals surface area contributed by atoms with E-state index in [4.69, 9.17) is 0 Å². The molecule has 0 atom stereocenters. The normalized spacial score (nSPS) is 21.7. The number of rotatable bonds is 1. The molecule has 1 fully saturated rings. The van der Waals surface area contributed by atoms with E-state index < -0.39 is 0 Å². The monoisotopic (exact) mass is 313 g/mol. The Morgan fingerprint density at radius 2 is 1.04 bits per heavy atom. The van der Waals surface area contributed by atoms with Crippen LogP contribution in [0.5, 0.6) is 0 Å². The molecule has 0 unspecified atom stereocenters. The Labute approximate surface area is 139 Å². The molecular formula is C20H27NO2. The van der Waals surface area contributed by atoms with Crippen molar-refractivity contribution in [3.63, 3.8) is 0 Å². The number of imide groups is 1. The van der Waals surface area contributed by atoms with Gasteiger partial charge in [-0.3, -0.25) is 14.5 Å². The number of benzene rings is 1. The average molecular weight is 313 g/mol. The standard InChI is InChI=1S/C20H27NO2/c22-19-17-14-10-11-15-18(17)20(23)21(19)16-12-8-6-4-2-1-3-5-7-9-13-16/h10-11,14-16H,1-9,12-13H2. The van der Waals surface area contributed by atoms with Gasteiger partial charge in [-0.15, -0.1) is 0 Å². The molecule has 1 heterocycles.